The summed E-state index contributed by atoms with van der Waals surface area (Å²) in [5.74, 6) is 5.70. The SMILES string of the molecule is CC(C)CCCC(C)[C@H]1CC[C@H]2[C@@H]3CC[C@H]4CC(=O)N[C@@H](CO)C[C@]4(C)[C@H]3CC[C@]12C. The minimum absolute atomic E-state index is 0.0492. The van der Waals surface area contributed by atoms with Gasteiger partial charge in [0.05, 0.1) is 12.6 Å². The number of hydrogen-bond acceptors (Lipinski definition) is 2. The molecule has 3 saturated carbocycles. The zero-order chi connectivity index (χ0) is 22.4. The van der Waals surface area contributed by atoms with E-state index in [0.717, 1.165) is 41.9 Å². The number of amides is 1. The Morgan fingerprint density at radius 1 is 1.00 bits per heavy atom. The maximum atomic E-state index is 12.5. The predicted octanol–water partition coefficient (Wildman–Crippen LogP) is 6.19. The summed E-state index contributed by atoms with van der Waals surface area (Å²) >= 11 is 0. The third-order valence-electron chi connectivity index (χ3n) is 11.0. The van der Waals surface area contributed by atoms with Gasteiger partial charge in [-0.3, -0.25) is 4.79 Å². The van der Waals surface area contributed by atoms with Crippen LogP contribution in [-0.2, 0) is 4.79 Å². The fraction of sp³-hybridized carbons (Fsp3) is 0.964. The molecule has 31 heavy (non-hydrogen) atoms. The highest BCUT2D eigenvalue weighted by Gasteiger charge is 2.60. The minimum atomic E-state index is -0.0492. The van der Waals surface area contributed by atoms with Crippen molar-refractivity contribution < 1.29 is 9.90 Å². The lowest BCUT2D eigenvalue weighted by Gasteiger charge is -2.59. The third kappa shape index (κ3) is 4.22. The second-order valence-electron chi connectivity index (χ2n) is 13.0. The van der Waals surface area contributed by atoms with Gasteiger partial charge in [-0.15, -0.1) is 0 Å². The third-order valence-corrected chi connectivity index (χ3v) is 11.0. The molecule has 0 radical (unpaired) electrons. The van der Waals surface area contributed by atoms with Gasteiger partial charge in [0, 0.05) is 6.42 Å². The van der Waals surface area contributed by atoms with Gasteiger partial charge in [-0.05, 0) is 97.2 Å². The Morgan fingerprint density at radius 2 is 1.74 bits per heavy atom. The molecule has 4 rings (SSSR count). The maximum absolute atomic E-state index is 12.5. The van der Waals surface area contributed by atoms with Gasteiger partial charge in [0.1, 0.15) is 0 Å². The molecule has 1 aliphatic heterocycles. The van der Waals surface area contributed by atoms with Gasteiger partial charge in [-0.2, -0.15) is 0 Å². The van der Waals surface area contributed by atoms with E-state index in [-0.39, 0.29) is 24.0 Å². The van der Waals surface area contributed by atoms with Crippen LogP contribution in [0.5, 0.6) is 0 Å². The lowest BCUT2D eigenvalue weighted by atomic mass is 9.45. The van der Waals surface area contributed by atoms with Crippen molar-refractivity contribution in [3.63, 3.8) is 0 Å². The molecule has 4 aliphatic rings. The monoisotopic (exact) mass is 431 g/mol. The number of carbonyl (C=O) groups excluding carboxylic acids is 1. The second-order valence-corrected chi connectivity index (χ2v) is 13.0. The van der Waals surface area contributed by atoms with E-state index in [1.54, 1.807) is 0 Å². The fourth-order valence-electron chi connectivity index (χ4n) is 9.42. The van der Waals surface area contributed by atoms with Crippen molar-refractivity contribution in [3.8, 4) is 0 Å². The zero-order valence-electron chi connectivity index (χ0n) is 21.0. The first kappa shape index (κ1) is 23.6. The van der Waals surface area contributed by atoms with Gasteiger partial charge in [0.25, 0.3) is 0 Å². The Bertz CT molecular complexity index is 647. The predicted molar refractivity (Wildman–Crippen MR) is 127 cm³/mol. The molecular weight excluding hydrogens is 382 g/mol. The summed E-state index contributed by atoms with van der Waals surface area (Å²) < 4.78 is 0. The smallest absolute Gasteiger partial charge is 0.220 e. The Morgan fingerprint density at radius 3 is 2.45 bits per heavy atom. The Hall–Kier alpha value is -0.570. The number of fused-ring (bicyclic) bond motifs is 5. The summed E-state index contributed by atoms with van der Waals surface area (Å²) in [7, 11) is 0. The summed E-state index contributed by atoms with van der Waals surface area (Å²) in [6.07, 6.45) is 14.0. The number of aliphatic hydroxyl groups excluding tert-OH is 1. The van der Waals surface area contributed by atoms with Crippen LogP contribution < -0.4 is 5.32 Å². The van der Waals surface area contributed by atoms with Crippen molar-refractivity contribution in [3.05, 3.63) is 0 Å². The van der Waals surface area contributed by atoms with Crippen LogP contribution in [0.1, 0.15) is 105 Å². The molecule has 0 bridgehead atoms. The van der Waals surface area contributed by atoms with Gasteiger partial charge < -0.3 is 10.4 Å². The number of carbonyl (C=O) groups is 1. The van der Waals surface area contributed by atoms with E-state index >= 15 is 0 Å². The standard InChI is InChI=1S/C28H49NO2/c1-18(2)7-6-8-19(3)23-11-12-24-22-10-9-20-15-26(31)29-21(17-30)16-28(20,5)25(22)13-14-27(23,24)4/h18-25,30H,6-17H2,1-5H3,(H,29,31)/t19?,20-,21+,22-,23+,24-,25-,27+,28-/m0/s1. The Kier molecular flexibility index (Phi) is 6.84. The molecule has 9 atom stereocenters. The first-order valence-electron chi connectivity index (χ1n) is 13.6. The van der Waals surface area contributed by atoms with Crippen LogP contribution in [0.15, 0.2) is 0 Å². The first-order valence-corrected chi connectivity index (χ1v) is 13.6. The van der Waals surface area contributed by atoms with Gasteiger partial charge in [-0.1, -0.05) is 53.9 Å². The molecule has 0 aromatic heterocycles. The summed E-state index contributed by atoms with van der Waals surface area (Å²) in [5, 5.41) is 13.0. The summed E-state index contributed by atoms with van der Waals surface area (Å²) in [6.45, 7) is 12.5. The fourth-order valence-corrected chi connectivity index (χ4v) is 9.42. The second kappa shape index (κ2) is 8.99. The lowest BCUT2D eigenvalue weighted by Crippen LogP contribution is -2.53. The number of aliphatic hydroxyl groups is 1. The van der Waals surface area contributed by atoms with Crippen LogP contribution in [-0.4, -0.2) is 23.7 Å². The topological polar surface area (TPSA) is 49.3 Å². The van der Waals surface area contributed by atoms with Crippen LogP contribution in [0, 0.1) is 52.3 Å². The summed E-state index contributed by atoms with van der Waals surface area (Å²) in [5.41, 5.74) is 0.731. The van der Waals surface area contributed by atoms with E-state index in [1.165, 1.54) is 57.8 Å². The van der Waals surface area contributed by atoms with E-state index < -0.39 is 0 Å². The van der Waals surface area contributed by atoms with Crippen molar-refractivity contribution in [2.24, 2.45) is 52.3 Å². The molecule has 2 N–H and O–H groups in total. The average molecular weight is 432 g/mol. The van der Waals surface area contributed by atoms with Crippen LogP contribution in [0.2, 0.25) is 0 Å². The molecule has 4 fully saturated rings. The maximum Gasteiger partial charge on any atom is 0.220 e. The van der Waals surface area contributed by atoms with Crippen molar-refractivity contribution >= 4 is 5.91 Å². The minimum Gasteiger partial charge on any atom is -0.394 e. The Balaban J connectivity index is 1.50. The first-order chi connectivity index (χ1) is 14.7. The van der Waals surface area contributed by atoms with Gasteiger partial charge in [-0.25, -0.2) is 0 Å². The molecule has 3 heteroatoms. The molecule has 0 spiro atoms. The average Bonchev–Trinajstić information content (AvgIpc) is 2.99. The van der Waals surface area contributed by atoms with Crippen LogP contribution in [0.25, 0.3) is 0 Å². The zero-order valence-corrected chi connectivity index (χ0v) is 21.0. The van der Waals surface area contributed by atoms with Gasteiger partial charge >= 0.3 is 0 Å². The molecule has 3 nitrogen and oxygen atoms in total. The molecule has 0 aromatic carbocycles. The van der Waals surface area contributed by atoms with Gasteiger partial charge in [0.15, 0.2) is 0 Å². The van der Waals surface area contributed by atoms with E-state index in [9.17, 15) is 9.90 Å². The lowest BCUT2D eigenvalue weighted by molar-refractivity contribution is -0.126. The normalized spacial score (nSPS) is 46.0. The Labute approximate surface area is 191 Å². The largest absolute Gasteiger partial charge is 0.394 e. The molecule has 1 saturated heterocycles. The summed E-state index contributed by atoms with van der Waals surface area (Å²) in [6, 6.07) is -0.0492. The highest BCUT2D eigenvalue weighted by Crippen LogP contribution is 2.67. The van der Waals surface area contributed by atoms with Crippen molar-refractivity contribution in [1.82, 2.24) is 5.32 Å². The summed E-state index contributed by atoms with van der Waals surface area (Å²) in [4.78, 5) is 12.5. The quantitative estimate of drug-likeness (QED) is 0.526. The molecule has 178 valence electrons. The van der Waals surface area contributed by atoms with Crippen molar-refractivity contribution in [2.75, 3.05) is 6.61 Å². The molecule has 1 unspecified atom stereocenters. The molecule has 3 aliphatic carbocycles. The van der Waals surface area contributed by atoms with Crippen molar-refractivity contribution in [2.45, 2.75) is 111 Å². The van der Waals surface area contributed by atoms with E-state index in [0.29, 0.717) is 17.8 Å². The highest BCUT2D eigenvalue weighted by molar-refractivity contribution is 5.77. The van der Waals surface area contributed by atoms with E-state index in [4.69, 9.17) is 0 Å². The van der Waals surface area contributed by atoms with E-state index in [2.05, 4.69) is 39.9 Å². The number of rotatable bonds is 6. The molecule has 1 heterocycles. The molecule has 1 amide bonds. The van der Waals surface area contributed by atoms with Gasteiger partial charge in [0.2, 0.25) is 5.91 Å². The number of nitrogens with one attached hydrogen (secondary N) is 1. The van der Waals surface area contributed by atoms with Crippen LogP contribution >= 0.6 is 0 Å². The van der Waals surface area contributed by atoms with Crippen molar-refractivity contribution in [1.29, 1.82) is 0 Å². The van der Waals surface area contributed by atoms with Crippen LogP contribution in [0.4, 0.5) is 0 Å². The highest BCUT2D eigenvalue weighted by atomic mass is 16.3. The molecular formula is C28H49NO2. The van der Waals surface area contributed by atoms with Crippen LogP contribution in [0.3, 0.4) is 0 Å². The van der Waals surface area contributed by atoms with E-state index in [1.807, 2.05) is 0 Å². The number of hydrogen-bond donors (Lipinski definition) is 2. The molecule has 0 aromatic rings.